The van der Waals surface area contributed by atoms with Gasteiger partial charge in [0.05, 0.1) is 41.9 Å². The third-order valence-electron chi connectivity index (χ3n) is 10.5. The van der Waals surface area contributed by atoms with E-state index < -0.39 is 30.8 Å². The summed E-state index contributed by atoms with van der Waals surface area (Å²) in [7, 11) is 0. The molecule has 0 saturated carbocycles. The molecule has 0 radical (unpaired) electrons. The van der Waals surface area contributed by atoms with Crippen LogP contribution in [0.5, 0.6) is 0 Å². The molecule has 0 heterocycles. The molecule has 8 aromatic rings. The zero-order valence-corrected chi connectivity index (χ0v) is 33.6. The van der Waals surface area contributed by atoms with Gasteiger partial charge in [-0.3, -0.25) is 19.2 Å². The number of hydrogen-bond donors (Lipinski definition) is 1. The van der Waals surface area contributed by atoms with Crippen LogP contribution in [0.1, 0.15) is 62.2 Å². The van der Waals surface area contributed by atoms with E-state index in [9.17, 15) is 19.2 Å². The topological polar surface area (TPSA) is 110 Å². The Hall–Kier alpha value is -7.30. The SMILES string of the molecule is CC[NH+](CC)CC.O=C(O[B-](OC(=O)c1cccc2ccccc12)(OC(=O)c1cccc2ccccc12)OC(=O)c1cccc2ccccc12)c1cccc2ccccc12. The fourth-order valence-corrected chi connectivity index (χ4v) is 7.29. The first kappa shape index (κ1) is 40.9. The Labute approximate surface area is 348 Å². The van der Waals surface area contributed by atoms with Crippen molar-refractivity contribution in [2.24, 2.45) is 0 Å². The van der Waals surface area contributed by atoms with Crippen LogP contribution in [-0.4, -0.2) is 50.5 Å². The number of carbonyl (C=O) groups excluding carboxylic acids is 4. The second kappa shape index (κ2) is 18.5. The van der Waals surface area contributed by atoms with Gasteiger partial charge in [-0.2, -0.15) is 0 Å². The summed E-state index contributed by atoms with van der Waals surface area (Å²) in [4.78, 5) is 58.8. The predicted molar refractivity (Wildman–Crippen MR) is 236 cm³/mol. The Bertz CT molecular complexity index is 2450. The van der Waals surface area contributed by atoms with Gasteiger partial charge in [0.1, 0.15) is 0 Å². The van der Waals surface area contributed by atoms with Gasteiger partial charge in [0.25, 0.3) is 23.9 Å². The summed E-state index contributed by atoms with van der Waals surface area (Å²) in [5, 5.41) is 4.89. The van der Waals surface area contributed by atoms with E-state index in [0.29, 0.717) is 43.1 Å². The molecule has 300 valence electrons. The molecule has 0 amide bonds. The molecular weight excluding hydrogens is 753 g/mol. The molecule has 0 aromatic heterocycles. The fourth-order valence-electron chi connectivity index (χ4n) is 7.29. The van der Waals surface area contributed by atoms with E-state index >= 15 is 0 Å². The standard InChI is InChI=1S/C44H28BO8.C6H15N/c46-41(37-25-9-17-29-13-1-5-21-33(29)37)50-45(51-42(47)38-26-10-18-30-14-2-6-22-34(30)38,52-43(48)39-27-11-19-31-15-3-7-23-35(31)39)53-44(49)40-28-12-20-32-16-4-8-24-36(32)40;1-4-7(5-2)6-3/h1-28H;4-6H2,1-3H3/q-1;/p+1. The molecule has 10 heteroatoms. The lowest BCUT2D eigenvalue weighted by atomic mass is 9.98. The minimum atomic E-state index is -4.33. The molecule has 8 rings (SSSR count). The summed E-state index contributed by atoms with van der Waals surface area (Å²) < 4.78 is 23.8. The quantitative estimate of drug-likeness (QED) is 0.129. The van der Waals surface area contributed by atoms with Crippen molar-refractivity contribution in [1.82, 2.24) is 0 Å². The van der Waals surface area contributed by atoms with Gasteiger partial charge in [-0.1, -0.05) is 146 Å². The molecule has 0 saturated heterocycles. The lowest BCUT2D eigenvalue weighted by Crippen LogP contribution is -3.11. The minimum absolute atomic E-state index is 0.0537. The van der Waals surface area contributed by atoms with Crippen LogP contribution in [0.15, 0.2) is 170 Å². The zero-order chi connectivity index (χ0) is 42.1. The van der Waals surface area contributed by atoms with Crippen LogP contribution < -0.4 is 4.90 Å². The summed E-state index contributed by atoms with van der Waals surface area (Å²) in [6.45, 7) is 6.15. The highest BCUT2D eigenvalue weighted by Crippen LogP contribution is 2.29. The van der Waals surface area contributed by atoms with Crippen LogP contribution >= 0.6 is 0 Å². The number of rotatable bonds is 11. The van der Waals surface area contributed by atoms with Crippen molar-refractivity contribution in [2.45, 2.75) is 20.8 Å². The van der Waals surface area contributed by atoms with E-state index in [1.807, 2.05) is 72.8 Å². The minimum Gasteiger partial charge on any atom is -0.581 e. The van der Waals surface area contributed by atoms with Gasteiger partial charge in [-0.05, 0) is 88.1 Å². The number of nitrogens with one attached hydrogen (secondary N) is 1. The van der Waals surface area contributed by atoms with E-state index in [4.69, 9.17) is 18.6 Å². The fraction of sp³-hybridized carbons (Fsp3) is 0.120. The monoisotopic (exact) mass is 797 g/mol. The van der Waals surface area contributed by atoms with E-state index in [1.165, 1.54) is 43.9 Å². The van der Waals surface area contributed by atoms with Crippen molar-refractivity contribution in [3.8, 4) is 0 Å². The first-order valence-electron chi connectivity index (χ1n) is 20.0. The number of benzene rings is 8. The molecule has 8 aromatic carbocycles. The third-order valence-corrected chi connectivity index (χ3v) is 10.5. The summed E-state index contributed by atoms with van der Waals surface area (Å²) in [6, 6.07) is 48.3. The summed E-state index contributed by atoms with van der Waals surface area (Å²) >= 11 is 0. The Kier molecular flexibility index (Phi) is 12.6. The summed E-state index contributed by atoms with van der Waals surface area (Å²) in [6.07, 6.45) is 0. The third kappa shape index (κ3) is 8.89. The highest BCUT2D eigenvalue weighted by atomic mass is 16.9. The van der Waals surface area contributed by atoms with Gasteiger partial charge >= 0.3 is 6.96 Å². The second-order valence-corrected chi connectivity index (χ2v) is 14.1. The lowest BCUT2D eigenvalue weighted by Gasteiger charge is -2.38. The van der Waals surface area contributed by atoms with Crippen molar-refractivity contribution in [3.05, 3.63) is 192 Å². The molecule has 0 unspecified atom stereocenters. The Morgan fingerprint density at radius 2 is 0.567 bits per heavy atom. The second-order valence-electron chi connectivity index (χ2n) is 14.1. The molecule has 9 nitrogen and oxygen atoms in total. The van der Waals surface area contributed by atoms with Gasteiger partial charge < -0.3 is 23.5 Å². The average molecular weight is 798 g/mol. The van der Waals surface area contributed by atoms with Gasteiger partial charge in [0, 0.05) is 0 Å². The Balaban J connectivity index is 0.000000716. The highest BCUT2D eigenvalue weighted by Gasteiger charge is 2.49. The van der Waals surface area contributed by atoms with Gasteiger partial charge in [0.15, 0.2) is 0 Å². The maximum Gasteiger partial charge on any atom is 0.785 e. The lowest BCUT2D eigenvalue weighted by molar-refractivity contribution is -0.894. The molecule has 0 spiro atoms. The number of carbonyl (C=O) groups is 4. The molecule has 0 aliphatic heterocycles. The van der Waals surface area contributed by atoms with Crippen LogP contribution in [0.25, 0.3) is 43.1 Å². The van der Waals surface area contributed by atoms with Crippen molar-refractivity contribution < 1.29 is 42.7 Å². The molecule has 0 atom stereocenters. The van der Waals surface area contributed by atoms with E-state index in [-0.39, 0.29) is 22.3 Å². The maximum absolute atomic E-state index is 14.3. The van der Waals surface area contributed by atoms with Crippen LogP contribution in [-0.2, 0) is 18.6 Å². The maximum atomic E-state index is 14.3. The molecule has 1 N–H and O–H groups in total. The first-order valence-corrected chi connectivity index (χ1v) is 20.0. The Morgan fingerprint density at radius 3 is 0.783 bits per heavy atom. The molecule has 0 bridgehead atoms. The van der Waals surface area contributed by atoms with Crippen LogP contribution in [0.2, 0.25) is 0 Å². The number of hydrogen-bond acceptors (Lipinski definition) is 8. The van der Waals surface area contributed by atoms with Crippen molar-refractivity contribution >= 4 is 73.9 Å². The smallest absolute Gasteiger partial charge is 0.581 e. The van der Waals surface area contributed by atoms with Crippen LogP contribution in [0.3, 0.4) is 0 Å². The van der Waals surface area contributed by atoms with E-state index in [1.54, 1.807) is 77.7 Å². The van der Waals surface area contributed by atoms with Gasteiger partial charge in [0.2, 0.25) is 0 Å². The van der Waals surface area contributed by atoms with Crippen molar-refractivity contribution in [1.29, 1.82) is 0 Å². The molecular formula is C50H44BNO8. The van der Waals surface area contributed by atoms with Crippen LogP contribution in [0, 0.1) is 0 Å². The summed E-state index contributed by atoms with van der Waals surface area (Å²) in [5.74, 6) is -4.26. The van der Waals surface area contributed by atoms with Gasteiger partial charge in [-0.15, -0.1) is 0 Å². The molecule has 0 fully saturated rings. The zero-order valence-electron chi connectivity index (χ0n) is 33.6. The number of quaternary nitrogens is 1. The van der Waals surface area contributed by atoms with E-state index in [2.05, 4.69) is 20.8 Å². The van der Waals surface area contributed by atoms with Crippen molar-refractivity contribution in [2.75, 3.05) is 19.6 Å². The predicted octanol–water partition coefficient (Wildman–Crippen LogP) is 9.39. The molecule has 0 aliphatic rings. The highest BCUT2D eigenvalue weighted by molar-refractivity contribution is 6.62. The van der Waals surface area contributed by atoms with Crippen molar-refractivity contribution in [3.63, 3.8) is 0 Å². The van der Waals surface area contributed by atoms with E-state index in [0.717, 1.165) is 0 Å². The average Bonchev–Trinajstić information content (AvgIpc) is 3.28. The normalized spacial score (nSPS) is 11.2. The van der Waals surface area contributed by atoms with Gasteiger partial charge in [-0.25, -0.2) is 0 Å². The summed E-state index contributed by atoms with van der Waals surface area (Å²) in [5.41, 5.74) is 0.215. The largest absolute Gasteiger partial charge is 0.785 e. The molecule has 60 heavy (non-hydrogen) atoms. The number of fused-ring (bicyclic) bond motifs is 4. The van der Waals surface area contributed by atoms with Crippen LogP contribution in [0.4, 0.5) is 0 Å². The first-order chi connectivity index (χ1) is 29.2. The Morgan fingerprint density at radius 1 is 0.350 bits per heavy atom. The molecule has 0 aliphatic carbocycles.